The molecule has 0 N–H and O–H groups in total. The van der Waals surface area contributed by atoms with E-state index in [1.165, 1.54) is 33.3 Å². The summed E-state index contributed by atoms with van der Waals surface area (Å²) in [4.78, 5) is 49.2. The van der Waals surface area contributed by atoms with Crippen LogP contribution in [0.3, 0.4) is 0 Å². The lowest BCUT2D eigenvalue weighted by atomic mass is 9.33. The Morgan fingerprint density at radius 1 is 0.696 bits per heavy atom. The van der Waals surface area contributed by atoms with E-state index in [2.05, 4.69) is 47.6 Å². The monoisotopic (exact) mass is 642 g/mol. The fourth-order valence-electron chi connectivity index (χ4n) is 11.9. The summed E-state index contributed by atoms with van der Waals surface area (Å²) in [6.45, 7) is 20.5. The van der Waals surface area contributed by atoms with E-state index in [-0.39, 0.29) is 82.8 Å². The Bertz CT molecular complexity index is 1300. The maximum Gasteiger partial charge on any atom is 0.302 e. The van der Waals surface area contributed by atoms with E-state index in [0.29, 0.717) is 12.3 Å². The Kier molecular flexibility index (Phi) is 8.85. The minimum atomic E-state index is -0.504. The van der Waals surface area contributed by atoms with Crippen LogP contribution in [0.4, 0.5) is 0 Å². The number of carbonyl (C=O) groups excluding carboxylic acids is 4. The predicted octanol–water partition coefficient (Wildman–Crippen LogP) is 7.37. The Morgan fingerprint density at radius 3 is 1.91 bits per heavy atom. The van der Waals surface area contributed by atoms with Gasteiger partial charge in [0.2, 0.25) is 0 Å². The fraction of sp³-hybridized carbons (Fsp3) is 0.842. The summed E-state index contributed by atoms with van der Waals surface area (Å²) in [6.07, 6.45) is 9.82. The highest BCUT2D eigenvalue weighted by molar-refractivity contribution is 5.67. The van der Waals surface area contributed by atoms with E-state index in [0.717, 1.165) is 51.4 Å². The molecule has 8 heteroatoms. The van der Waals surface area contributed by atoms with Crippen molar-refractivity contribution < 1.29 is 38.1 Å². The van der Waals surface area contributed by atoms with Crippen LogP contribution in [0.5, 0.6) is 0 Å². The summed E-state index contributed by atoms with van der Waals surface area (Å²) >= 11 is 0. The number of hydrogen-bond donors (Lipinski definition) is 0. The highest BCUT2D eigenvalue weighted by Gasteiger charge is 2.71. The number of ether oxygens (including phenoxy) is 4. The molecule has 5 aliphatic carbocycles. The molecule has 0 aliphatic heterocycles. The zero-order chi connectivity index (χ0) is 34.1. The van der Waals surface area contributed by atoms with Crippen LogP contribution in [-0.2, 0) is 38.1 Å². The number of esters is 4. The average Bonchev–Trinajstić information content (AvgIpc) is 2.93. The molecule has 258 valence electrons. The molecule has 10 atom stereocenters. The highest BCUT2D eigenvalue weighted by atomic mass is 16.6. The van der Waals surface area contributed by atoms with Gasteiger partial charge in [0.1, 0.15) is 25.4 Å². The van der Waals surface area contributed by atoms with Crippen molar-refractivity contribution >= 4 is 23.9 Å². The van der Waals surface area contributed by atoms with Crippen molar-refractivity contribution in [3.63, 3.8) is 0 Å². The smallest absolute Gasteiger partial charge is 0.302 e. The molecule has 0 spiro atoms. The summed E-state index contributed by atoms with van der Waals surface area (Å²) in [6, 6.07) is 0. The average molecular weight is 643 g/mol. The third-order valence-electron chi connectivity index (χ3n) is 14.3. The largest absolute Gasteiger partial charge is 0.465 e. The summed E-state index contributed by atoms with van der Waals surface area (Å²) in [5, 5.41) is 0. The van der Waals surface area contributed by atoms with Gasteiger partial charge in [0.05, 0.1) is 0 Å². The summed E-state index contributed by atoms with van der Waals surface area (Å²) < 4.78 is 23.8. The molecule has 5 aliphatic rings. The van der Waals surface area contributed by atoms with Crippen molar-refractivity contribution in [2.75, 3.05) is 13.2 Å². The van der Waals surface area contributed by atoms with Crippen molar-refractivity contribution in [2.24, 2.45) is 50.2 Å². The molecule has 0 aromatic heterocycles. The summed E-state index contributed by atoms with van der Waals surface area (Å²) in [5.74, 6) is -0.547. The first-order valence-corrected chi connectivity index (χ1v) is 17.6. The number of fused-ring (bicyclic) bond motifs is 7. The zero-order valence-corrected chi connectivity index (χ0v) is 30.0. The molecular formula is C38H58O8. The van der Waals surface area contributed by atoms with E-state index in [4.69, 9.17) is 18.9 Å². The van der Waals surface area contributed by atoms with E-state index >= 15 is 0 Å². The quantitative estimate of drug-likeness (QED) is 0.168. The van der Waals surface area contributed by atoms with Gasteiger partial charge < -0.3 is 18.9 Å². The van der Waals surface area contributed by atoms with Crippen LogP contribution >= 0.6 is 0 Å². The summed E-state index contributed by atoms with van der Waals surface area (Å²) in [5.41, 5.74) is 0.210. The van der Waals surface area contributed by atoms with Crippen molar-refractivity contribution in [2.45, 2.75) is 139 Å². The molecule has 10 unspecified atom stereocenters. The van der Waals surface area contributed by atoms with Crippen molar-refractivity contribution in [3.8, 4) is 0 Å². The first-order chi connectivity index (χ1) is 21.2. The Hall–Kier alpha value is -2.38. The third-order valence-corrected chi connectivity index (χ3v) is 14.3. The molecular weight excluding hydrogens is 584 g/mol. The van der Waals surface area contributed by atoms with Crippen LogP contribution in [0.2, 0.25) is 0 Å². The van der Waals surface area contributed by atoms with Crippen LogP contribution < -0.4 is 0 Å². The van der Waals surface area contributed by atoms with Gasteiger partial charge >= 0.3 is 23.9 Å². The minimum absolute atomic E-state index is 0.0847. The van der Waals surface area contributed by atoms with Crippen molar-refractivity contribution in [1.82, 2.24) is 0 Å². The van der Waals surface area contributed by atoms with E-state index < -0.39 is 10.8 Å². The molecule has 0 aromatic carbocycles. The van der Waals surface area contributed by atoms with Crippen LogP contribution in [-0.4, -0.2) is 49.3 Å². The molecule has 0 bridgehead atoms. The fourth-order valence-corrected chi connectivity index (χ4v) is 11.9. The molecule has 5 rings (SSSR count). The number of carbonyl (C=O) groups is 4. The lowest BCUT2D eigenvalue weighted by molar-refractivity contribution is -0.236. The van der Waals surface area contributed by atoms with Gasteiger partial charge in [-0.25, -0.2) is 0 Å². The normalized spacial score (nSPS) is 44.1. The molecule has 0 saturated heterocycles. The van der Waals surface area contributed by atoms with E-state index in [1.54, 1.807) is 0 Å². The molecule has 46 heavy (non-hydrogen) atoms. The molecule has 8 nitrogen and oxygen atoms in total. The number of allylic oxidation sites excluding steroid dienone is 2. The Morgan fingerprint density at radius 2 is 1.30 bits per heavy atom. The summed E-state index contributed by atoms with van der Waals surface area (Å²) in [7, 11) is 0. The lowest BCUT2D eigenvalue weighted by Crippen LogP contribution is -2.68. The number of rotatable bonds is 6. The number of hydrogen-bond acceptors (Lipinski definition) is 8. The molecule has 4 fully saturated rings. The molecule has 0 heterocycles. The van der Waals surface area contributed by atoms with Crippen LogP contribution in [0, 0.1) is 50.2 Å². The predicted molar refractivity (Wildman–Crippen MR) is 173 cm³/mol. The Balaban J connectivity index is 1.61. The maximum absolute atomic E-state index is 12.7. The van der Waals surface area contributed by atoms with Gasteiger partial charge in [0.25, 0.3) is 0 Å². The zero-order valence-electron chi connectivity index (χ0n) is 30.0. The topological polar surface area (TPSA) is 105 Å². The first kappa shape index (κ1) is 34.9. The third kappa shape index (κ3) is 5.41. The van der Waals surface area contributed by atoms with Crippen LogP contribution in [0.1, 0.15) is 127 Å². The Labute approximate surface area is 276 Å². The van der Waals surface area contributed by atoms with Gasteiger partial charge in [-0.2, -0.15) is 0 Å². The van der Waals surface area contributed by atoms with Gasteiger partial charge in [-0.05, 0) is 97.2 Å². The first-order valence-electron chi connectivity index (χ1n) is 17.6. The van der Waals surface area contributed by atoms with Crippen molar-refractivity contribution in [3.05, 3.63) is 11.6 Å². The van der Waals surface area contributed by atoms with Crippen molar-refractivity contribution in [1.29, 1.82) is 0 Å². The maximum atomic E-state index is 12.7. The van der Waals surface area contributed by atoms with E-state index in [9.17, 15) is 19.2 Å². The highest BCUT2D eigenvalue weighted by Crippen LogP contribution is 2.76. The molecule has 0 amide bonds. The minimum Gasteiger partial charge on any atom is -0.465 e. The van der Waals surface area contributed by atoms with E-state index in [1.807, 2.05) is 0 Å². The van der Waals surface area contributed by atoms with Gasteiger partial charge in [0.15, 0.2) is 0 Å². The second kappa shape index (κ2) is 11.6. The SMILES string of the molecule is CC(=O)OCC1(C)C(OC(C)=O)CCC2(C)C1CCC1(C)C2CC=C2C3CC(C)(C)CCC3(COC(C)=O)C(OC(C)=O)CC21C. The van der Waals surface area contributed by atoms with Gasteiger partial charge in [-0.15, -0.1) is 0 Å². The molecule has 4 saturated carbocycles. The second-order valence-corrected chi connectivity index (χ2v) is 17.5. The lowest BCUT2D eigenvalue weighted by Gasteiger charge is -2.72. The molecule has 0 radical (unpaired) electrons. The van der Waals surface area contributed by atoms with Gasteiger partial charge in [0, 0.05) is 38.5 Å². The van der Waals surface area contributed by atoms with Crippen LogP contribution in [0.25, 0.3) is 0 Å². The van der Waals surface area contributed by atoms with Gasteiger partial charge in [-0.1, -0.05) is 53.2 Å². The standard InChI is InChI=1S/C38H58O8/c1-23(39)43-21-35(8)29-13-16-36(9)30(34(29,7)15-14-31(35)45-25(3)41)12-11-27-28-19-33(5,6)17-18-38(28,22-44-24(2)40)32(46-26(4)42)20-37(27,36)10/h11,28-32H,12-22H2,1-10H3. The van der Waals surface area contributed by atoms with Gasteiger partial charge in [-0.3, -0.25) is 19.2 Å². The second-order valence-electron chi connectivity index (χ2n) is 17.5. The molecule has 0 aromatic rings. The van der Waals surface area contributed by atoms with Crippen LogP contribution in [0.15, 0.2) is 11.6 Å².